The summed E-state index contributed by atoms with van der Waals surface area (Å²) in [6, 6.07) is 7.15. The van der Waals surface area contributed by atoms with Crippen LogP contribution in [-0.2, 0) is 0 Å². The van der Waals surface area contributed by atoms with E-state index >= 15 is 0 Å². The Balaban J connectivity index is 2.32. The first kappa shape index (κ1) is 12.1. The SMILES string of the molecule is N#CC(C#N)=NNc1cc(-n2cnnn2)ccc1F. The van der Waals surface area contributed by atoms with E-state index in [2.05, 4.69) is 26.1 Å². The lowest BCUT2D eigenvalue weighted by atomic mass is 10.2. The van der Waals surface area contributed by atoms with E-state index in [0.29, 0.717) is 5.69 Å². The highest BCUT2D eigenvalue weighted by atomic mass is 19.1. The summed E-state index contributed by atoms with van der Waals surface area (Å²) >= 11 is 0. The van der Waals surface area contributed by atoms with Crippen LogP contribution in [0.2, 0.25) is 0 Å². The number of hydrogen-bond acceptors (Lipinski definition) is 7. The zero-order valence-electron chi connectivity index (χ0n) is 9.32. The summed E-state index contributed by atoms with van der Waals surface area (Å²) in [6.45, 7) is 0. The van der Waals surface area contributed by atoms with Gasteiger partial charge in [0, 0.05) is 0 Å². The Morgan fingerprint density at radius 1 is 1.37 bits per heavy atom. The van der Waals surface area contributed by atoms with E-state index in [1.807, 2.05) is 0 Å². The van der Waals surface area contributed by atoms with Crippen LogP contribution < -0.4 is 5.43 Å². The van der Waals surface area contributed by atoms with Gasteiger partial charge in [-0.05, 0) is 28.6 Å². The fourth-order valence-corrected chi connectivity index (χ4v) is 1.21. The average Bonchev–Trinajstić information content (AvgIpc) is 2.96. The Morgan fingerprint density at radius 3 is 2.79 bits per heavy atom. The lowest BCUT2D eigenvalue weighted by Crippen LogP contribution is -2.01. The number of nitrogens with one attached hydrogen (secondary N) is 1. The molecule has 0 aliphatic carbocycles. The number of benzene rings is 1. The predicted molar refractivity (Wildman–Crippen MR) is 61.4 cm³/mol. The van der Waals surface area contributed by atoms with Crippen LogP contribution in [-0.4, -0.2) is 25.9 Å². The van der Waals surface area contributed by atoms with Gasteiger partial charge in [-0.1, -0.05) is 0 Å². The molecule has 0 saturated carbocycles. The van der Waals surface area contributed by atoms with Gasteiger partial charge >= 0.3 is 0 Å². The standard InChI is InChI=1S/C10H5FN8/c11-9-2-1-8(19-6-14-17-18-19)3-10(9)16-15-7(4-12)5-13/h1-3,6,16H. The smallest absolute Gasteiger partial charge is 0.237 e. The van der Waals surface area contributed by atoms with Crippen molar-refractivity contribution in [1.82, 2.24) is 20.2 Å². The highest BCUT2D eigenvalue weighted by molar-refractivity contribution is 6.10. The molecule has 1 aromatic carbocycles. The van der Waals surface area contributed by atoms with Crippen LogP contribution in [0.3, 0.4) is 0 Å². The molecule has 2 aromatic rings. The molecule has 0 bridgehead atoms. The number of halogens is 1. The summed E-state index contributed by atoms with van der Waals surface area (Å²) in [7, 11) is 0. The summed E-state index contributed by atoms with van der Waals surface area (Å²) in [5.74, 6) is -0.587. The second-order valence-electron chi connectivity index (χ2n) is 3.21. The molecule has 9 heteroatoms. The van der Waals surface area contributed by atoms with Gasteiger partial charge in [-0.2, -0.15) is 15.6 Å². The van der Waals surface area contributed by atoms with E-state index < -0.39 is 11.5 Å². The van der Waals surface area contributed by atoms with Crippen LogP contribution in [0.4, 0.5) is 10.1 Å². The molecule has 92 valence electrons. The first-order valence-electron chi connectivity index (χ1n) is 4.91. The van der Waals surface area contributed by atoms with E-state index in [-0.39, 0.29) is 5.69 Å². The highest BCUT2D eigenvalue weighted by Gasteiger charge is 2.05. The second kappa shape index (κ2) is 5.33. The van der Waals surface area contributed by atoms with Gasteiger partial charge in [-0.3, -0.25) is 5.43 Å². The van der Waals surface area contributed by atoms with Crippen molar-refractivity contribution in [2.45, 2.75) is 0 Å². The topological polar surface area (TPSA) is 116 Å². The summed E-state index contributed by atoms with van der Waals surface area (Å²) in [5.41, 5.74) is 2.39. The normalized spacial score (nSPS) is 9.21. The third-order valence-corrected chi connectivity index (χ3v) is 2.06. The second-order valence-corrected chi connectivity index (χ2v) is 3.21. The first-order chi connectivity index (χ1) is 9.24. The van der Waals surface area contributed by atoms with Crippen LogP contribution in [0.25, 0.3) is 5.69 Å². The van der Waals surface area contributed by atoms with Crippen molar-refractivity contribution >= 4 is 11.4 Å². The van der Waals surface area contributed by atoms with Crippen LogP contribution in [0.15, 0.2) is 29.6 Å². The molecule has 0 amide bonds. The Kier molecular flexibility index (Phi) is 3.41. The zero-order valence-corrected chi connectivity index (χ0v) is 9.32. The monoisotopic (exact) mass is 256 g/mol. The van der Waals surface area contributed by atoms with Crippen molar-refractivity contribution in [2.75, 3.05) is 5.43 Å². The third kappa shape index (κ3) is 2.68. The van der Waals surface area contributed by atoms with Crippen molar-refractivity contribution in [3.63, 3.8) is 0 Å². The fourth-order valence-electron chi connectivity index (χ4n) is 1.21. The van der Waals surface area contributed by atoms with Gasteiger partial charge in [0.05, 0.1) is 11.4 Å². The van der Waals surface area contributed by atoms with Crippen molar-refractivity contribution < 1.29 is 4.39 Å². The molecule has 0 fully saturated rings. The van der Waals surface area contributed by atoms with Crippen LogP contribution in [0.1, 0.15) is 0 Å². The van der Waals surface area contributed by atoms with Gasteiger partial charge in [-0.15, -0.1) is 5.10 Å². The molecule has 8 nitrogen and oxygen atoms in total. The van der Waals surface area contributed by atoms with E-state index in [0.717, 1.165) is 0 Å². The van der Waals surface area contributed by atoms with Crippen molar-refractivity contribution in [3.05, 3.63) is 30.3 Å². The number of hydrazone groups is 1. The van der Waals surface area contributed by atoms with Gasteiger partial charge in [-0.25, -0.2) is 9.07 Å². The highest BCUT2D eigenvalue weighted by Crippen LogP contribution is 2.18. The van der Waals surface area contributed by atoms with Gasteiger partial charge in [0.25, 0.3) is 0 Å². The van der Waals surface area contributed by atoms with Gasteiger partial charge < -0.3 is 0 Å². The molecule has 0 radical (unpaired) electrons. The maximum Gasteiger partial charge on any atom is 0.237 e. The zero-order chi connectivity index (χ0) is 13.7. The molecule has 0 saturated heterocycles. The minimum Gasteiger partial charge on any atom is -0.273 e. The Morgan fingerprint density at radius 2 is 2.16 bits per heavy atom. The molecule has 19 heavy (non-hydrogen) atoms. The van der Waals surface area contributed by atoms with E-state index in [9.17, 15) is 4.39 Å². The Bertz CT molecular complexity index is 675. The quantitative estimate of drug-likeness (QED) is 0.635. The average molecular weight is 256 g/mol. The minimum atomic E-state index is -0.587. The van der Waals surface area contributed by atoms with E-state index in [1.54, 1.807) is 12.1 Å². The summed E-state index contributed by atoms with van der Waals surface area (Å²) in [4.78, 5) is 0. The number of nitriles is 2. The van der Waals surface area contributed by atoms with Crippen LogP contribution >= 0.6 is 0 Å². The molecule has 0 aliphatic heterocycles. The Labute approximate surface area is 106 Å². The molecule has 1 N–H and O–H groups in total. The number of anilines is 1. The van der Waals surface area contributed by atoms with E-state index in [1.165, 1.54) is 29.2 Å². The molecule has 2 rings (SSSR count). The summed E-state index contributed by atoms with van der Waals surface area (Å²) in [6.07, 6.45) is 1.34. The molecule has 0 atom stereocenters. The number of rotatable bonds is 3. The minimum absolute atomic E-state index is 0.00370. The molecule has 0 unspecified atom stereocenters. The molecule has 0 aliphatic rings. The van der Waals surface area contributed by atoms with Gasteiger partial charge in [0.1, 0.15) is 24.3 Å². The largest absolute Gasteiger partial charge is 0.273 e. The lowest BCUT2D eigenvalue weighted by Gasteiger charge is -2.05. The number of aromatic nitrogens is 4. The maximum absolute atomic E-state index is 13.5. The Hall–Kier alpha value is -3.33. The number of nitrogens with zero attached hydrogens (tertiary/aromatic N) is 7. The van der Waals surface area contributed by atoms with Crippen molar-refractivity contribution in [3.8, 4) is 17.8 Å². The van der Waals surface area contributed by atoms with Crippen LogP contribution in [0.5, 0.6) is 0 Å². The van der Waals surface area contributed by atoms with Crippen molar-refractivity contribution in [2.24, 2.45) is 5.10 Å². The summed E-state index contributed by atoms with van der Waals surface area (Å²) in [5, 5.41) is 31.0. The molecular weight excluding hydrogens is 251 g/mol. The summed E-state index contributed by atoms with van der Waals surface area (Å²) < 4.78 is 14.8. The first-order valence-corrected chi connectivity index (χ1v) is 4.91. The van der Waals surface area contributed by atoms with Gasteiger partial charge in [0.15, 0.2) is 0 Å². The molecule has 1 heterocycles. The maximum atomic E-state index is 13.5. The van der Waals surface area contributed by atoms with Crippen molar-refractivity contribution in [1.29, 1.82) is 10.5 Å². The predicted octanol–water partition coefficient (Wildman–Crippen LogP) is 0.616. The molecular formula is C10H5FN8. The molecule has 1 aromatic heterocycles. The van der Waals surface area contributed by atoms with Crippen LogP contribution in [0, 0.1) is 28.5 Å². The molecule has 0 spiro atoms. The third-order valence-electron chi connectivity index (χ3n) is 2.06. The lowest BCUT2D eigenvalue weighted by molar-refractivity contribution is 0.629. The van der Waals surface area contributed by atoms with Gasteiger partial charge in [0.2, 0.25) is 5.71 Å². The number of tetrazole rings is 1. The fraction of sp³-hybridized carbons (Fsp3) is 0. The number of hydrogen-bond donors (Lipinski definition) is 1. The van der Waals surface area contributed by atoms with E-state index in [4.69, 9.17) is 10.5 Å².